The first kappa shape index (κ1) is 15.4. The Morgan fingerprint density at radius 2 is 2.14 bits per heavy atom. The van der Waals surface area contributed by atoms with Gasteiger partial charge in [0.15, 0.2) is 0 Å². The van der Waals surface area contributed by atoms with E-state index in [-0.39, 0.29) is 6.03 Å². The molecule has 0 fully saturated rings. The van der Waals surface area contributed by atoms with Crippen LogP contribution in [0.2, 0.25) is 0 Å². The molecule has 0 saturated heterocycles. The molecule has 1 aromatic carbocycles. The van der Waals surface area contributed by atoms with Crippen LogP contribution in [0.1, 0.15) is 24.8 Å². The molecular weight excluding hydrogens is 262 g/mol. The first-order valence-electron chi connectivity index (χ1n) is 7.54. The third kappa shape index (κ3) is 4.52. The molecule has 0 aromatic heterocycles. The largest absolute Gasteiger partial charge is 0.377 e. The standard InChI is InChI=1S/C17H25N3O/c1-13-11-15(9-10-16(13)20(2)3)19-17(21)18-12-14-7-5-4-6-8-14/h4-5,9-11,14H,6-8,12H2,1-3H3,(H2,18,19,21). The summed E-state index contributed by atoms with van der Waals surface area (Å²) in [6.07, 6.45) is 7.77. The third-order valence-electron chi connectivity index (χ3n) is 3.87. The number of urea groups is 1. The third-order valence-corrected chi connectivity index (χ3v) is 3.87. The molecule has 0 spiro atoms. The second kappa shape index (κ2) is 7.16. The predicted octanol–water partition coefficient (Wildman–Crippen LogP) is 3.54. The monoisotopic (exact) mass is 287 g/mol. The van der Waals surface area contributed by atoms with E-state index < -0.39 is 0 Å². The fourth-order valence-electron chi connectivity index (χ4n) is 2.69. The number of nitrogens with zero attached hydrogens (tertiary/aromatic N) is 1. The van der Waals surface area contributed by atoms with Gasteiger partial charge in [-0.1, -0.05) is 12.2 Å². The van der Waals surface area contributed by atoms with Crippen molar-refractivity contribution in [2.75, 3.05) is 30.9 Å². The van der Waals surface area contributed by atoms with E-state index in [0.717, 1.165) is 42.7 Å². The summed E-state index contributed by atoms with van der Waals surface area (Å²) in [6, 6.07) is 5.84. The molecule has 2 rings (SSSR count). The highest BCUT2D eigenvalue weighted by molar-refractivity contribution is 5.89. The minimum Gasteiger partial charge on any atom is -0.377 e. The average Bonchev–Trinajstić information content (AvgIpc) is 2.46. The summed E-state index contributed by atoms with van der Waals surface area (Å²) in [5, 5.41) is 5.87. The van der Waals surface area contributed by atoms with E-state index in [1.54, 1.807) is 0 Å². The van der Waals surface area contributed by atoms with Crippen LogP contribution in [-0.4, -0.2) is 26.7 Å². The molecule has 1 aliphatic carbocycles. The van der Waals surface area contributed by atoms with Gasteiger partial charge in [-0.25, -0.2) is 4.79 Å². The van der Waals surface area contributed by atoms with Crippen molar-refractivity contribution in [3.8, 4) is 0 Å². The maximum Gasteiger partial charge on any atom is 0.319 e. The van der Waals surface area contributed by atoms with Gasteiger partial charge in [0, 0.05) is 32.0 Å². The number of anilines is 2. The van der Waals surface area contributed by atoms with E-state index in [9.17, 15) is 4.79 Å². The van der Waals surface area contributed by atoms with Gasteiger partial charge in [0.1, 0.15) is 0 Å². The molecule has 1 aliphatic rings. The van der Waals surface area contributed by atoms with E-state index in [2.05, 4.69) is 27.7 Å². The number of aryl methyl sites for hydroxylation is 1. The molecule has 1 aromatic rings. The van der Waals surface area contributed by atoms with Gasteiger partial charge in [-0.3, -0.25) is 0 Å². The van der Waals surface area contributed by atoms with Gasteiger partial charge in [-0.2, -0.15) is 0 Å². The van der Waals surface area contributed by atoms with Crippen LogP contribution in [0.25, 0.3) is 0 Å². The lowest BCUT2D eigenvalue weighted by Crippen LogP contribution is -2.33. The first-order chi connectivity index (χ1) is 10.1. The van der Waals surface area contributed by atoms with Crippen LogP contribution in [-0.2, 0) is 0 Å². The molecule has 0 saturated carbocycles. The predicted molar refractivity (Wildman–Crippen MR) is 89.0 cm³/mol. The van der Waals surface area contributed by atoms with Gasteiger partial charge in [0.05, 0.1) is 0 Å². The van der Waals surface area contributed by atoms with Crippen LogP contribution in [0.15, 0.2) is 30.4 Å². The SMILES string of the molecule is Cc1cc(NC(=O)NCC2CC=CCC2)ccc1N(C)C. The van der Waals surface area contributed by atoms with Crippen molar-refractivity contribution in [3.05, 3.63) is 35.9 Å². The molecular formula is C17H25N3O. The Hall–Kier alpha value is -1.97. The summed E-state index contributed by atoms with van der Waals surface area (Å²) in [5.41, 5.74) is 3.14. The molecule has 2 N–H and O–H groups in total. The number of carbonyl (C=O) groups is 1. The summed E-state index contributed by atoms with van der Waals surface area (Å²) in [6.45, 7) is 2.79. The van der Waals surface area contributed by atoms with Crippen molar-refractivity contribution in [3.63, 3.8) is 0 Å². The number of hydrogen-bond donors (Lipinski definition) is 2. The minimum absolute atomic E-state index is 0.124. The van der Waals surface area contributed by atoms with E-state index in [4.69, 9.17) is 0 Å². The zero-order chi connectivity index (χ0) is 15.2. The van der Waals surface area contributed by atoms with Crippen molar-refractivity contribution in [2.45, 2.75) is 26.2 Å². The van der Waals surface area contributed by atoms with Gasteiger partial charge < -0.3 is 15.5 Å². The zero-order valence-corrected chi connectivity index (χ0v) is 13.1. The number of rotatable bonds is 4. The van der Waals surface area contributed by atoms with Gasteiger partial charge >= 0.3 is 6.03 Å². The smallest absolute Gasteiger partial charge is 0.319 e. The molecule has 21 heavy (non-hydrogen) atoms. The molecule has 0 heterocycles. The minimum atomic E-state index is -0.124. The summed E-state index contributed by atoms with van der Waals surface area (Å²) < 4.78 is 0. The highest BCUT2D eigenvalue weighted by Crippen LogP contribution is 2.22. The molecule has 1 unspecified atom stereocenters. The second-order valence-electron chi connectivity index (χ2n) is 5.88. The van der Waals surface area contributed by atoms with Crippen LogP contribution >= 0.6 is 0 Å². The lowest BCUT2D eigenvalue weighted by atomic mass is 9.94. The van der Waals surface area contributed by atoms with Crippen molar-refractivity contribution >= 4 is 17.4 Å². The molecule has 0 aliphatic heterocycles. The Bertz CT molecular complexity index is 523. The number of hydrogen-bond acceptors (Lipinski definition) is 2. The summed E-state index contributed by atoms with van der Waals surface area (Å²) in [7, 11) is 4.03. The van der Waals surface area contributed by atoms with Crippen LogP contribution in [0.5, 0.6) is 0 Å². The Balaban J connectivity index is 1.84. The lowest BCUT2D eigenvalue weighted by molar-refractivity contribution is 0.249. The van der Waals surface area contributed by atoms with E-state index in [0.29, 0.717) is 5.92 Å². The Kier molecular flexibility index (Phi) is 5.26. The number of amides is 2. The van der Waals surface area contributed by atoms with Crippen LogP contribution in [0.3, 0.4) is 0 Å². The number of allylic oxidation sites excluding steroid dienone is 2. The van der Waals surface area contributed by atoms with Crippen molar-refractivity contribution in [2.24, 2.45) is 5.92 Å². The molecule has 0 bridgehead atoms. The van der Waals surface area contributed by atoms with E-state index in [1.165, 1.54) is 0 Å². The van der Waals surface area contributed by atoms with Crippen molar-refractivity contribution < 1.29 is 4.79 Å². The maximum absolute atomic E-state index is 11.9. The van der Waals surface area contributed by atoms with Gasteiger partial charge in [-0.05, 0) is 55.9 Å². The molecule has 4 heteroatoms. The fraction of sp³-hybridized carbons (Fsp3) is 0.471. The highest BCUT2D eigenvalue weighted by Gasteiger charge is 2.11. The number of nitrogens with one attached hydrogen (secondary N) is 2. The van der Waals surface area contributed by atoms with Crippen LogP contribution < -0.4 is 15.5 Å². The summed E-state index contributed by atoms with van der Waals surface area (Å²) in [4.78, 5) is 14.0. The average molecular weight is 287 g/mol. The molecule has 2 amide bonds. The van der Waals surface area contributed by atoms with E-state index in [1.807, 2.05) is 39.2 Å². The normalized spacial score (nSPS) is 17.4. The Morgan fingerprint density at radius 3 is 2.76 bits per heavy atom. The van der Waals surface area contributed by atoms with Crippen LogP contribution in [0, 0.1) is 12.8 Å². The van der Waals surface area contributed by atoms with E-state index >= 15 is 0 Å². The first-order valence-corrected chi connectivity index (χ1v) is 7.54. The molecule has 4 nitrogen and oxygen atoms in total. The van der Waals surface area contributed by atoms with Crippen molar-refractivity contribution in [1.29, 1.82) is 0 Å². The topological polar surface area (TPSA) is 44.4 Å². The molecule has 1 atom stereocenters. The van der Waals surface area contributed by atoms with Gasteiger partial charge in [0.2, 0.25) is 0 Å². The van der Waals surface area contributed by atoms with Crippen molar-refractivity contribution in [1.82, 2.24) is 5.32 Å². The molecule has 0 radical (unpaired) electrons. The Labute approximate surface area is 127 Å². The Morgan fingerprint density at radius 1 is 1.33 bits per heavy atom. The zero-order valence-electron chi connectivity index (χ0n) is 13.1. The quantitative estimate of drug-likeness (QED) is 0.832. The highest BCUT2D eigenvalue weighted by atomic mass is 16.2. The fourth-order valence-corrected chi connectivity index (χ4v) is 2.69. The summed E-state index contributed by atoms with van der Waals surface area (Å²) >= 11 is 0. The molecule has 114 valence electrons. The van der Waals surface area contributed by atoms with Gasteiger partial charge in [0.25, 0.3) is 0 Å². The second-order valence-corrected chi connectivity index (χ2v) is 5.88. The van der Waals surface area contributed by atoms with Crippen LogP contribution in [0.4, 0.5) is 16.2 Å². The lowest BCUT2D eigenvalue weighted by Gasteiger charge is -2.19. The maximum atomic E-state index is 11.9. The van der Waals surface area contributed by atoms with Gasteiger partial charge in [-0.15, -0.1) is 0 Å². The number of carbonyl (C=O) groups excluding carboxylic acids is 1. The summed E-state index contributed by atoms with van der Waals surface area (Å²) in [5.74, 6) is 0.568. The number of benzene rings is 1.